The van der Waals surface area contributed by atoms with E-state index in [9.17, 15) is 19.5 Å². The van der Waals surface area contributed by atoms with Crippen LogP contribution in [0.15, 0.2) is 0 Å². The molecular weight excluding hydrogens is 278 g/mol. The first-order valence-electron chi connectivity index (χ1n) is 7.22. The van der Waals surface area contributed by atoms with Crippen molar-refractivity contribution >= 4 is 17.9 Å². The number of aliphatic hydroxyl groups is 1. The molecule has 21 heavy (non-hydrogen) atoms. The van der Waals surface area contributed by atoms with Crippen LogP contribution in [0.3, 0.4) is 0 Å². The van der Waals surface area contributed by atoms with E-state index < -0.39 is 30.4 Å². The highest BCUT2D eigenvalue weighted by Gasteiger charge is 2.35. The summed E-state index contributed by atoms with van der Waals surface area (Å²) in [6.07, 6.45) is 1.96. The number of amides is 3. The molecule has 1 saturated carbocycles. The second kappa shape index (κ2) is 6.75. The number of nitrogens with zero attached hydrogens (tertiary/aromatic N) is 1. The number of piperazine rings is 1. The van der Waals surface area contributed by atoms with Gasteiger partial charge in [0.25, 0.3) is 0 Å². The highest BCUT2D eigenvalue weighted by atomic mass is 16.4. The van der Waals surface area contributed by atoms with Crippen LogP contribution in [0.25, 0.3) is 0 Å². The molecule has 1 unspecified atom stereocenters. The van der Waals surface area contributed by atoms with E-state index in [2.05, 4.69) is 10.6 Å². The molecule has 0 radical (unpaired) electrons. The van der Waals surface area contributed by atoms with Gasteiger partial charge in [-0.3, -0.25) is 9.59 Å². The summed E-state index contributed by atoms with van der Waals surface area (Å²) < 4.78 is 0. The van der Waals surface area contributed by atoms with Crippen molar-refractivity contribution in [2.45, 2.75) is 50.3 Å². The second-order valence-electron chi connectivity index (χ2n) is 5.55. The Balaban J connectivity index is 1.95. The van der Waals surface area contributed by atoms with E-state index in [1.165, 1.54) is 4.90 Å². The molecule has 1 aliphatic carbocycles. The fourth-order valence-electron chi connectivity index (χ4n) is 2.80. The number of rotatable bonds is 3. The number of urea groups is 1. The van der Waals surface area contributed by atoms with Gasteiger partial charge >= 0.3 is 12.0 Å². The van der Waals surface area contributed by atoms with Crippen molar-refractivity contribution in [1.82, 2.24) is 15.5 Å². The number of hydrogen-bond donors (Lipinski definition) is 4. The molecule has 1 saturated heterocycles. The summed E-state index contributed by atoms with van der Waals surface area (Å²) in [5.74, 6) is -1.55. The lowest BCUT2D eigenvalue weighted by atomic mass is 9.93. The Morgan fingerprint density at radius 3 is 2.57 bits per heavy atom. The fraction of sp³-hybridized carbons (Fsp3) is 0.769. The van der Waals surface area contributed by atoms with E-state index >= 15 is 0 Å². The van der Waals surface area contributed by atoms with Gasteiger partial charge in [-0.25, -0.2) is 4.79 Å². The molecule has 0 aromatic heterocycles. The van der Waals surface area contributed by atoms with E-state index in [0.717, 1.165) is 0 Å². The van der Waals surface area contributed by atoms with Gasteiger partial charge in [0.1, 0.15) is 6.04 Å². The molecular formula is C13H21N3O5. The number of carbonyl (C=O) groups excluding carboxylic acids is 2. The second-order valence-corrected chi connectivity index (χ2v) is 5.55. The van der Waals surface area contributed by atoms with Crippen LogP contribution in [-0.4, -0.2) is 64.3 Å². The Kier molecular flexibility index (Phi) is 5.00. The molecule has 0 spiro atoms. The van der Waals surface area contributed by atoms with E-state index in [1.54, 1.807) is 0 Å². The van der Waals surface area contributed by atoms with Gasteiger partial charge in [0.05, 0.1) is 12.5 Å². The molecule has 1 heterocycles. The van der Waals surface area contributed by atoms with Crippen molar-refractivity contribution < 1.29 is 24.6 Å². The predicted molar refractivity (Wildman–Crippen MR) is 72.6 cm³/mol. The topological polar surface area (TPSA) is 119 Å². The van der Waals surface area contributed by atoms with Gasteiger partial charge in [-0.1, -0.05) is 0 Å². The Bertz CT molecular complexity index is 420. The van der Waals surface area contributed by atoms with E-state index in [0.29, 0.717) is 38.8 Å². The van der Waals surface area contributed by atoms with Gasteiger partial charge in [0, 0.05) is 19.1 Å². The average Bonchev–Trinajstić information content (AvgIpc) is 2.43. The first-order valence-corrected chi connectivity index (χ1v) is 7.22. The summed E-state index contributed by atoms with van der Waals surface area (Å²) in [7, 11) is 0. The molecule has 0 aromatic carbocycles. The molecule has 1 aliphatic heterocycles. The summed E-state index contributed by atoms with van der Waals surface area (Å²) in [4.78, 5) is 36.1. The number of hydrogen-bond acceptors (Lipinski definition) is 4. The van der Waals surface area contributed by atoms with Crippen LogP contribution < -0.4 is 10.6 Å². The van der Waals surface area contributed by atoms with Crippen molar-refractivity contribution in [2.24, 2.45) is 0 Å². The first kappa shape index (κ1) is 15.6. The summed E-state index contributed by atoms with van der Waals surface area (Å²) in [6.45, 7) is 0.622. The maximum Gasteiger partial charge on any atom is 0.318 e. The van der Waals surface area contributed by atoms with Crippen molar-refractivity contribution in [3.63, 3.8) is 0 Å². The maximum atomic E-state index is 12.3. The van der Waals surface area contributed by atoms with Crippen LogP contribution in [0.2, 0.25) is 0 Å². The number of aliphatic hydroxyl groups excluding tert-OH is 1. The number of carbonyl (C=O) groups is 3. The molecule has 2 aliphatic rings. The number of carboxylic acid groups (broad SMARTS) is 1. The monoisotopic (exact) mass is 299 g/mol. The minimum Gasteiger partial charge on any atom is -0.481 e. The summed E-state index contributed by atoms with van der Waals surface area (Å²) in [5.41, 5.74) is 0. The van der Waals surface area contributed by atoms with E-state index in [1.807, 2.05) is 0 Å². The zero-order chi connectivity index (χ0) is 15.4. The lowest BCUT2D eigenvalue weighted by Gasteiger charge is -2.36. The molecule has 118 valence electrons. The van der Waals surface area contributed by atoms with Gasteiger partial charge in [-0.05, 0) is 25.7 Å². The van der Waals surface area contributed by atoms with Gasteiger partial charge < -0.3 is 25.7 Å². The van der Waals surface area contributed by atoms with Gasteiger partial charge in [-0.15, -0.1) is 0 Å². The molecule has 2 fully saturated rings. The number of carboxylic acids is 1. The Morgan fingerprint density at radius 1 is 1.29 bits per heavy atom. The summed E-state index contributed by atoms with van der Waals surface area (Å²) in [5, 5.41) is 23.7. The third-order valence-corrected chi connectivity index (χ3v) is 3.98. The standard InChI is InChI=1S/C13H21N3O5/c17-9-3-1-8(2-4-9)15-13(21)16-6-5-14-12(20)10(16)7-11(18)19/h8-10,17H,1-7H2,(H,14,20)(H,15,21)(H,18,19). The van der Waals surface area contributed by atoms with Crippen molar-refractivity contribution in [3.05, 3.63) is 0 Å². The highest BCUT2D eigenvalue weighted by Crippen LogP contribution is 2.19. The molecule has 4 N–H and O–H groups in total. The first-order chi connectivity index (χ1) is 9.97. The molecule has 3 amide bonds. The van der Waals surface area contributed by atoms with Gasteiger partial charge in [0.15, 0.2) is 0 Å². The number of aliphatic carboxylic acids is 1. The Morgan fingerprint density at radius 2 is 1.95 bits per heavy atom. The molecule has 0 aromatic rings. The molecule has 8 nitrogen and oxygen atoms in total. The van der Waals surface area contributed by atoms with Crippen LogP contribution in [0.1, 0.15) is 32.1 Å². The van der Waals surface area contributed by atoms with E-state index in [-0.39, 0.29) is 12.1 Å². The summed E-state index contributed by atoms with van der Waals surface area (Å²) in [6, 6.07) is -1.40. The van der Waals surface area contributed by atoms with Crippen molar-refractivity contribution in [2.75, 3.05) is 13.1 Å². The Labute approximate surface area is 122 Å². The van der Waals surface area contributed by atoms with Crippen LogP contribution in [0.5, 0.6) is 0 Å². The van der Waals surface area contributed by atoms with Gasteiger partial charge in [-0.2, -0.15) is 0 Å². The maximum absolute atomic E-state index is 12.3. The third kappa shape index (κ3) is 4.07. The van der Waals surface area contributed by atoms with Crippen LogP contribution in [-0.2, 0) is 9.59 Å². The highest BCUT2D eigenvalue weighted by molar-refractivity contribution is 5.91. The molecule has 1 atom stereocenters. The smallest absolute Gasteiger partial charge is 0.318 e. The average molecular weight is 299 g/mol. The zero-order valence-electron chi connectivity index (χ0n) is 11.7. The van der Waals surface area contributed by atoms with E-state index in [4.69, 9.17) is 5.11 Å². The molecule has 2 rings (SSSR count). The van der Waals surface area contributed by atoms with Crippen LogP contribution in [0, 0.1) is 0 Å². The van der Waals surface area contributed by atoms with Crippen molar-refractivity contribution in [1.29, 1.82) is 0 Å². The fourth-order valence-corrected chi connectivity index (χ4v) is 2.80. The Hall–Kier alpha value is -1.83. The minimum absolute atomic E-state index is 0.0311. The predicted octanol–water partition coefficient (Wildman–Crippen LogP) is -0.725. The quantitative estimate of drug-likeness (QED) is 0.548. The van der Waals surface area contributed by atoms with Gasteiger partial charge in [0.2, 0.25) is 5.91 Å². The minimum atomic E-state index is -1.12. The molecule has 8 heteroatoms. The molecule has 0 bridgehead atoms. The SMILES string of the molecule is O=C(O)CC1C(=O)NCCN1C(=O)NC1CCC(O)CC1. The zero-order valence-corrected chi connectivity index (χ0v) is 11.7. The normalized spacial score (nSPS) is 29.7. The lowest BCUT2D eigenvalue weighted by Crippen LogP contribution is -2.61. The summed E-state index contributed by atoms with van der Waals surface area (Å²) >= 11 is 0. The largest absolute Gasteiger partial charge is 0.481 e. The van der Waals surface area contributed by atoms with Crippen molar-refractivity contribution in [3.8, 4) is 0 Å². The number of nitrogens with one attached hydrogen (secondary N) is 2. The third-order valence-electron chi connectivity index (χ3n) is 3.98. The lowest BCUT2D eigenvalue weighted by molar-refractivity contribution is -0.142. The van der Waals surface area contributed by atoms with Crippen LogP contribution >= 0.6 is 0 Å². The van der Waals surface area contributed by atoms with Crippen LogP contribution in [0.4, 0.5) is 4.79 Å².